The SMILES string of the molecule is CC(C)(C)c1cc(C(c2ccc(Cl)cc2)N2CCCCC2)cc(C(C)(C)C)c1O. The Kier molecular flexibility index (Phi) is 6.36. The van der Waals surface area contributed by atoms with Crippen LogP contribution in [0.1, 0.15) is 89.1 Å². The molecule has 1 aliphatic rings. The maximum atomic E-state index is 11.2. The standard InChI is InChI=1S/C26H36ClNO/c1-25(2,3)21-16-19(17-22(24(21)29)26(4,5)6)23(28-14-8-7-9-15-28)18-10-12-20(27)13-11-18/h10-13,16-17,23,29H,7-9,14-15H2,1-6H3. The zero-order valence-electron chi connectivity index (χ0n) is 18.8. The Labute approximate surface area is 181 Å². The molecule has 1 N–H and O–H groups in total. The third-order valence-corrected chi connectivity index (χ3v) is 6.26. The summed E-state index contributed by atoms with van der Waals surface area (Å²) >= 11 is 6.19. The molecule has 1 saturated heterocycles. The molecule has 158 valence electrons. The highest BCUT2D eigenvalue weighted by atomic mass is 35.5. The van der Waals surface area contributed by atoms with Crippen molar-refractivity contribution in [3.8, 4) is 5.75 Å². The van der Waals surface area contributed by atoms with E-state index in [1.54, 1.807) is 0 Å². The van der Waals surface area contributed by atoms with Crippen molar-refractivity contribution in [2.75, 3.05) is 13.1 Å². The van der Waals surface area contributed by atoms with Crippen molar-refractivity contribution in [1.29, 1.82) is 0 Å². The van der Waals surface area contributed by atoms with Crippen LogP contribution in [0.4, 0.5) is 0 Å². The van der Waals surface area contributed by atoms with E-state index >= 15 is 0 Å². The van der Waals surface area contributed by atoms with Crippen LogP contribution in [0.2, 0.25) is 5.02 Å². The fourth-order valence-corrected chi connectivity index (χ4v) is 4.52. The van der Waals surface area contributed by atoms with Crippen molar-refractivity contribution in [3.05, 3.63) is 63.7 Å². The van der Waals surface area contributed by atoms with E-state index in [0.717, 1.165) is 29.2 Å². The number of nitrogens with zero attached hydrogens (tertiary/aromatic N) is 1. The first-order valence-corrected chi connectivity index (χ1v) is 11.2. The van der Waals surface area contributed by atoms with Gasteiger partial charge in [0.15, 0.2) is 0 Å². The molecule has 0 aromatic heterocycles. The molecule has 1 atom stereocenters. The minimum atomic E-state index is -0.132. The van der Waals surface area contributed by atoms with E-state index in [1.165, 1.54) is 30.4 Å². The highest BCUT2D eigenvalue weighted by molar-refractivity contribution is 6.30. The number of benzene rings is 2. The fourth-order valence-electron chi connectivity index (χ4n) is 4.39. The Balaban J connectivity index is 2.22. The van der Waals surface area contributed by atoms with Crippen LogP contribution in [0.25, 0.3) is 0 Å². The van der Waals surface area contributed by atoms with Gasteiger partial charge in [-0.15, -0.1) is 0 Å². The molecule has 2 aromatic rings. The predicted octanol–water partition coefficient (Wildman–Crippen LogP) is 7.22. The van der Waals surface area contributed by atoms with E-state index in [1.807, 2.05) is 12.1 Å². The largest absolute Gasteiger partial charge is 0.507 e. The van der Waals surface area contributed by atoms with E-state index in [-0.39, 0.29) is 16.9 Å². The van der Waals surface area contributed by atoms with E-state index in [0.29, 0.717) is 5.75 Å². The second kappa shape index (κ2) is 8.32. The molecule has 1 heterocycles. The Bertz CT molecular complexity index is 801. The molecule has 0 radical (unpaired) electrons. The van der Waals surface area contributed by atoms with Gasteiger partial charge in [-0.05, 0) is 83.3 Å². The summed E-state index contributed by atoms with van der Waals surface area (Å²) in [5, 5.41) is 11.9. The molecule has 29 heavy (non-hydrogen) atoms. The highest BCUT2D eigenvalue weighted by Gasteiger charge is 2.31. The summed E-state index contributed by atoms with van der Waals surface area (Å²) in [6.45, 7) is 15.3. The summed E-state index contributed by atoms with van der Waals surface area (Å²) in [6, 6.07) is 12.9. The molecule has 0 spiro atoms. The Morgan fingerprint density at radius 3 is 1.72 bits per heavy atom. The molecule has 2 aromatic carbocycles. The Hall–Kier alpha value is -1.51. The van der Waals surface area contributed by atoms with Crippen LogP contribution in [0.15, 0.2) is 36.4 Å². The molecular formula is C26H36ClNO. The minimum absolute atomic E-state index is 0.132. The average Bonchev–Trinajstić information content (AvgIpc) is 2.63. The molecule has 0 saturated carbocycles. The van der Waals surface area contributed by atoms with Gasteiger partial charge in [0.25, 0.3) is 0 Å². The minimum Gasteiger partial charge on any atom is -0.507 e. The molecule has 0 amide bonds. The zero-order valence-corrected chi connectivity index (χ0v) is 19.6. The predicted molar refractivity (Wildman–Crippen MR) is 124 cm³/mol. The third-order valence-electron chi connectivity index (χ3n) is 6.01. The van der Waals surface area contributed by atoms with Crippen LogP contribution in [-0.2, 0) is 10.8 Å². The molecule has 0 aliphatic carbocycles. The lowest BCUT2D eigenvalue weighted by molar-refractivity contribution is 0.187. The lowest BCUT2D eigenvalue weighted by Gasteiger charge is -2.37. The molecule has 3 heteroatoms. The first-order chi connectivity index (χ1) is 13.5. The fraction of sp³-hybridized carbons (Fsp3) is 0.538. The van der Waals surface area contributed by atoms with Crippen molar-refractivity contribution in [3.63, 3.8) is 0 Å². The smallest absolute Gasteiger partial charge is 0.123 e. The van der Waals surface area contributed by atoms with Gasteiger partial charge >= 0.3 is 0 Å². The van der Waals surface area contributed by atoms with Gasteiger partial charge in [-0.1, -0.05) is 71.7 Å². The first-order valence-electron chi connectivity index (χ1n) is 10.9. The summed E-state index contributed by atoms with van der Waals surface area (Å²) in [5.74, 6) is 0.447. The summed E-state index contributed by atoms with van der Waals surface area (Å²) in [6.07, 6.45) is 3.78. The number of phenols is 1. The van der Waals surface area contributed by atoms with Gasteiger partial charge in [-0.25, -0.2) is 0 Å². The number of piperidine rings is 1. The van der Waals surface area contributed by atoms with Gasteiger partial charge in [0, 0.05) is 5.02 Å². The number of rotatable bonds is 3. The third kappa shape index (κ3) is 4.98. The van der Waals surface area contributed by atoms with Crippen LogP contribution in [0.5, 0.6) is 5.75 Å². The van der Waals surface area contributed by atoms with Crippen LogP contribution < -0.4 is 0 Å². The van der Waals surface area contributed by atoms with Crippen molar-refractivity contribution in [1.82, 2.24) is 4.90 Å². The Morgan fingerprint density at radius 2 is 1.28 bits per heavy atom. The van der Waals surface area contributed by atoms with Crippen molar-refractivity contribution in [2.24, 2.45) is 0 Å². The Morgan fingerprint density at radius 1 is 0.793 bits per heavy atom. The molecule has 1 aliphatic heterocycles. The van der Waals surface area contributed by atoms with Gasteiger partial charge in [-0.3, -0.25) is 4.90 Å². The maximum Gasteiger partial charge on any atom is 0.123 e. The van der Waals surface area contributed by atoms with Gasteiger partial charge < -0.3 is 5.11 Å². The van der Waals surface area contributed by atoms with Crippen molar-refractivity contribution in [2.45, 2.75) is 77.7 Å². The number of halogens is 1. The number of hydrogen-bond donors (Lipinski definition) is 1. The lowest BCUT2D eigenvalue weighted by Crippen LogP contribution is -2.34. The van der Waals surface area contributed by atoms with Crippen molar-refractivity contribution < 1.29 is 5.11 Å². The molecule has 0 bridgehead atoms. The quantitative estimate of drug-likeness (QED) is 0.574. The van der Waals surface area contributed by atoms with E-state index in [2.05, 4.69) is 70.7 Å². The molecule has 1 unspecified atom stereocenters. The van der Waals surface area contributed by atoms with Crippen LogP contribution in [-0.4, -0.2) is 23.1 Å². The van der Waals surface area contributed by atoms with Crippen LogP contribution in [0, 0.1) is 0 Å². The highest BCUT2D eigenvalue weighted by Crippen LogP contribution is 2.43. The second-order valence-corrected chi connectivity index (χ2v) is 11.0. The summed E-state index contributed by atoms with van der Waals surface area (Å²) in [7, 11) is 0. The monoisotopic (exact) mass is 413 g/mol. The summed E-state index contributed by atoms with van der Waals surface area (Å²) < 4.78 is 0. The first kappa shape index (κ1) is 22.2. The maximum absolute atomic E-state index is 11.2. The summed E-state index contributed by atoms with van der Waals surface area (Å²) in [5.41, 5.74) is 4.31. The molecule has 3 rings (SSSR count). The van der Waals surface area contributed by atoms with Gasteiger partial charge in [0.2, 0.25) is 0 Å². The number of hydrogen-bond acceptors (Lipinski definition) is 2. The topological polar surface area (TPSA) is 23.5 Å². The van der Waals surface area contributed by atoms with E-state index < -0.39 is 0 Å². The van der Waals surface area contributed by atoms with Gasteiger partial charge in [0.1, 0.15) is 5.75 Å². The van der Waals surface area contributed by atoms with Gasteiger partial charge in [-0.2, -0.15) is 0 Å². The van der Waals surface area contributed by atoms with Gasteiger partial charge in [0.05, 0.1) is 6.04 Å². The molecule has 2 nitrogen and oxygen atoms in total. The average molecular weight is 414 g/mol. The van der Waals surface area contributed by atoms with Crippen LogP contribution in [0.3, 0.4) is 0 Å². The van der Waals surface area contributed by atoms with E-state index in [9.17, 15) is 5.11 Å². The number of likely N-dealkylation sites (tertiary alicyclic amines) is 1. The normalized spacial score (nSPS) is 17.3. The molecular weight excluding hydrogens is 378 g/mol. The zero-order chi connectivity index (χ0) is 21.4. The van der Waals surface area contributed by atoms with Crippen molar-refractivity contribution >= 4 is 11.6 Å². The second-order valence-electron chi connectivity index (χ2n) is 10.5. The van der Waals surface area contributed by atoms with E-state index in [4.69, 9.17) is 11.6 Å². The molecule has 1 fully saturated rings. The lowest BCUT2D eigenvalue weighted by atomic mass is 9.77. The summed E-state index contributed by atoms with van der Waals surface area (Å²) in [4.78, 5) is 2.60. The van der Waals surface area contributed by atoms with Crippen LogP contribution >= 0.6 is 11.6 Å². The number of aromatic hydroxyl groups is 1. The number of phenolic OH excluding ortho intramolecular Hbond substituents is 1.